The Kier molecular flexibility index (Phi) is 4.28. The molecule has 1 saturated carbocycles. The van der Waals surface area contributed by atoms with E-state index in [-0.39, 0.29) is 0 Å². The molecule has 1 aromatic carbocycles. The number of anilines is 2. The molecule has 3 N–H and O–H groups in total. The van der Waals surface area contributed by atoms with Gasteiger partial charge in [0.25, 0.3) is 0 Å². The largest absolute Gasteiger partial charge is 0.397 e. The summed E-state index contributed by atoms with van der Waals surface area (Å²) in [7, 11) is 0. The molecule has 1 aliphatic rings. The number of nitrogens with one attached hydrogen (secondary N) is 1. The van der Waals surface area contributed by atoms with Gasteiger partial charge in [0.05, 0.1) is 11.2 Å². The van der Waals surface area contributed by atoms with Gasteiger partial charge in [-0.3, -0.25) is 4.98 Å². The molecule has 0 spiro atoms. The topological polar surface area (TPSA) is 50.9 Å². The number of fused-ring (bicyclic) bond motifs is 1. The summed E-state index contributed by atoms with van der Waals surface area (Å²) in [6, 6.07) is 8.03. The number of aromatic nitrogens is 1. The molecule has 1 aliphatic carbocycles. The maximum atomic E-state index is 5.99. The molecule has 0 bridgehead atoms. The highest BCUT2D eigenvalue weighted by Crippen LogP contribution is 2.31. The van der Waals surface area contributed by atoms with E-state index in [0.717, 1.165) is 40.7 Å². The fraction of sp³-hybridized carbons (Fsp3) is 0.500. The third-order valence-corrected chi connectivity index (χ3v) is 4.81. The first kappa shape index (κ1) is 14.2. The first-order valence-corrected chi connectivity index (χ1v) is 8.11. The summed E-state index contributed by atoms with van der Waals surface area (Å²) >= 11 is 0. The zero-order valence-electron chi connectivity index (χ0n) is 12.8. The molecule has 3 nitrogen and oxygen atoms in total. The average molecular weight is 283 g/mol. The van der Waals surface area contributed by atoms with Crippen LogP contribution in [0.4, 0.5) is 11.4 Å². The van der Waals surface area contributed by atoms with E-state index in [0.29, 0.717) is 0 Å². The van der Waals surface area contributed by atoms with E-state index < -0.39 is 0 Å². The lowest BCUT2D eigenvalue weighted by molar-refractivity contribution is 0.282. The van der Waals surface area contributed by atoms with Gasteiger partial charge in [-0.15, -0.1) is 0 Å². The minimum Gasteiger partial charge on any atom is -0.397 e. The number of benzene rings is 1. The monoisotopic (exact) mass is 283 g/mol. The molecule has 0 amide bonds. The van der Waals surface area contributed by atoms with Gasteiger partial charge in [-0.05, 0) is 30.4 Å². The fourth-order valence-corrected chi connectivity index (χ4v) is 3.38. The van der Waals surface area contributed by atoms with Crippen molar-refractivity contribution in [3.63, 3.8) is 0 Å². The zero-order chi connectivity index (χ0) is 14.7. The van der Waals surface area contributed by atoms with Crippen molar-refractivity contribution < 1.29 is 0 Å². The summed E-state index contributed by atoms with van der Waals surface area (Å²) in [5, 5.41) is 4.70. The number of para-hydroxylation sites is 1. The maximum Gasteiger partial charge on any atom is 0.0951 e. The van der Waals surface area contributed by atoms with Gasteiger partial charge >= 0.3 is 0 Å². The number of nitrogens with two attached hydrogens (primary N) is 1. The number of rotatable bonds is 4. The standard InChI is InChI=1S/C18H25N3/c1-13-5-7-14(8-6-13)9-11-20-17-10-12-21-18-15(17)3-2-4-16(18)19/h2-4,10,12-14H,5-9,11,19H2,1H3,(H,20,21). The van der Waals surface area contributed by atoms with Crippen LogP contribution >= 0.6 is 0 Å². The molecule has 3 heteroatoms. The Morgan fingerprint density at radius 3 is 2.81 bits per heavy atom. The van der Waals surface area contributed by atoms with Crippen molar-refractivity contribution in [3.8, 4) is 0 Å². The third kappa shape index (κ3) is 3.29. The van der Waals surface area contributed by atoms with Crippen LogP contribution in [-0.2, 0) is 0 Å². The average Bonchev–Trinajstić information content (AvgIpc) is 2.50. The Hall–Kier alpha value is -1.77. The van der Waals surface area contributed by atoms with E-state index in [4.69, 9.17) is 5.73 Å². The predicted octanol–water partition coefficient (Wildman–Crippen LogP) is 4.45. The van der Waals surface area contributed by atoms with Crippen molar-refractivity contribution in [1.82, 2.24) is 4.98 Å². The highest BCUT2D eigenvalue weighted by Gasteiger charge is 2.17. The van der Waals surface area contributed by atoms with Crippen LogP contribution in [0.1, 0.15) is 39.0 Å². The molecule has 0 radical (unpaired) electrons. The van der Waals surface area contributed by atoms with Crippen LogP contribution in [0.5, 0.6) is 0 Å². The van der Waals surface area contributed by atoms with Crippen LogP contribution < -0.4 is 11.1 Å². The summed E-state index contributed by atoms with van der Waals surface area (Å²) < 4.78 is 0. The minimum absolute atomic E-state index is 0.748. The Labute approximate surface area is 127 Å². The van der Waals surface area contributed by atoms with Crippen LogP contribution in [-0.4, -0.2) is 11.5 Å². The molecule has 0 unspecified atom stereocenters. The quantitative estimate of drug-likeness (QED) is 0.815. The van der Waals surface area contributed by atoms with E-state index in [1.54, 1.807) is 0 Å². The Morgan fingerprint density at radius 2 is 2.00 bits per heavy atom. The molecule has 0 atom stereocenters. The lowest BCUT2D eigenvalue weighted by atomic mass is 9.81. The number of pyridine rings is 1. The van der Waals surface area contributed by atoms with Crippen LogP contribution in [0.2, 0.25) is 0 Å². The molecule has 1 fully saturated rings. The van der Waals surface area contributed by atoms with E-state index in [9.17, 15) is 0 Å². The molecule has 1 aromatic heterocycles. The molecular weight excluding hydrogens is 258 g/mol. The lowest BCUT2D eigenvalue weighted by Crippen LogP contribution is -2.15. The van der Waals surface area contributed by atoms with Crippen LogP contribution in [0.3, 0.4) is 0 Å². The minimum atomic E-state index is 0.748. The Bertz CT molecular complexity index is 600. The van der Waals surface area contributed by atoms with Crippen molar-refractivity contribution in [2.24, 2.45) is 11.8 Å². The molecule has 3 rings (SSSR count). The van der Waals surface area contributed by atoms with Gasteiger partial charge in [0.2, 0.25) is 0 Å². The first-order valence-electron chi connectivity index (χ1n) is 8.11. The number of hydrogen-bond acceptors (Lipinski definition) is 3. The molecular formula is C18H25N3. The Morgan fingerprint density at radius 1 is 1.19 bits per heavy atom. The van der Waals surface area contributed by atoms with Crippen LogP contribution in [0.15, 0.2) is 30.5 Å². The summed E-state index contributed by atoms with van der Waals surface area (Å²) in [5.74, 6) is 1.83. The lowest BCUT2D eigenvalue weighted by Gasteiger charge is -2.26. The van der Waals surface area contributed by atoms with Gasteiger partial charge in [-0.1, -0.05) is 44.7 Å². The second-order valence-electron chi connectivity index (χ2n) is 6.44. The number of nitrogen functional groups attached to an aromatic ring is 1. The molecule has 1 heterocycles. The maximum absolute atomic E-state index is 5.99. The van der Waals surface area contributed by atoms with E-state index in [1.165, 1.54) is 32.1 Å². The first-order chi connectivity index (χ1) is 10.2. The highest BCUT2D eigenvalue weighted by molar-refractivity contribution is 5.97. The molecule has 0 aliphatic heterocycles. The Balaban J connectivity index is 1.62. The van der Waals surface area contributed by atoms with Crippen molar-refractivity contribution in [2.75, 3.05) is 17.6 Å². The van der Waals surface area contributed by atoms with Gasteiger partial charge in [0.15, 0.2) is 0 Å². The number of hydrogen-bond donors (Lipinski definition) is 2. The van der Waals surface area contributed by atoms with Crippen LogP contribution in [0, 0.1) is 11.8 Å². The van der Waals surface area contributed by atoms with Gasteiger partial charge in [0.1, 0.15) is 0 Å². The molecule has 2 aromatic rings. The highest BCUT2D eigenvalue weighted by atomic mass is 14.9. The third-order valence-electron chi connectivity index (χ3n) is 4.81. The summed E-state index contributed by atoms with van der Waals surface area (Å²) in [4.78, 5) is 4.38. The smallest absolute Gasteiger partial charge is 0.0951 e. The van der Waals surface area contributed by atoms with Gasteiger partial charge in [-0.2, -0.15) is 0 Å². The molecule has 21 heavy (non-hydrogen) atoms. The van der Waals surface area contributed by atoms with Crippen molar-refractivity contribution >= 4 is 22.3 Å². The second kappa shape index (κ2) is 6.33. The van der Waals surface area contributed by atoms with Crippen molar-refractivity contribution in [2.45, 2.75) is 39.0 Å². The fourth-order valence-electron chi connectivity index (χ4n) is 3.38. The summed E-state index contributed by atoms with van der Waals surface area (Å²) in [5.41, 5.74) is 8.79. The van der Waals surface area contributed by atoms with Gasteiger partial charge in [0, 0.05) is 23.8 Å². The van der Waals surface area contributed by atoms with E-state index >= 15 is 0 Å². The van der Waals surface area contributed by atoms with Gasteiger partial charge < -0.3 is 11.1 Å². The summed E-state index contributed by atoms with van der Waals surface area (Å²) in [6.07, 6.45) is 8.70. The SMILES string of the molecule is CC1CCC(CCNc2ccnc3c(N)cccc23)CC1. The zero-order valence-corrected chi connectivity index (χ0v) is 12.8. The van der Waals surface area contributed by atoms with Gasteiger partial charge in [-0.25, -0.2) is 0 Å². The van der Waals surface area contributed by atoms with Crippen molar-refractivity contribution in [1.29, 1.82) is 0 Å². The predicted molar refractivity (Wildman–Crippen MR) is 90.4 cm³/mol. The van der Waals surface area contributed by atoms with Crippen LogP contribution in [0.25, 0.3) is 10.9 Å². The van der Waals surface area contributed by atoms with E-state index in [2.05, 4.69) is 23.3 Å². The van der Waals surface area contributed by atoms with E-state index in [1.807, 2.05) is 24.4 Å². The van der Waals surface area contributed by atoms with Crippen molar-refractivity contribution in [3.05, 3.63) is 30.5 Å². The summed E-state index contributed by atoms with van der Waals surface area (Å²) in [6.45, 7) is 3.41. The second-order valence-corrected chi connectivity index (χ2v) is 6.44. The molecule has 0 saturated heterocycles. The molecule has 112 valence electrons. The normalized spacial score (nSPS) is 22.3. The number of nitrogens with zero attached hydrogens (tertiary/aromatic N) is 1.